The van der Waals surface area contributed by atoms with Crippen molar-refractivity contribution in [3.63, 3.8) is 0 Å². The number of carbonyl (C=O) groups excluding carboxylic acids is 1. The number of sulfone groups is 1. The van der Waals surface area contributed by atoms with Crippen LogP contribution in [0.4, 0.5) is 0 Å². The summed E-state index contributed by atoms with van der Waals surface area (Å²) in [6.45, 7) is 3.62. The molecule has 0 unspecified atom stereocenters. The Labute approximate surface area is 240 Å². The molecule has 1 saturated carbocycles. The van der Waals surface area contributed by atoms with Crippen LogP contribution in [0, 0.1) is 12.8 Å². The van der Waals surface area contributed by atoms with E-state index in [0.29, 0.717) is 12.1 Å². The molecule has 0 spiro atoms. The minimum absolute atomic E-state index is 0. The Hall–Kier alpha value is -2.75. The van der Waals surface area contributed by atoms with Gasteiger partial charge >= 0.3 is 5.97 Å². The SMILES string of the molecule is C.Cc1ccccc1-c1cc(CN(CCC2CCCCC2)N(C)C)ccc1C(=O)N[C@@H](CCS(C)(=O)=O)C(=O)O. The molecule has 3 rings (SSSR count). The fraction of sp³-hybridized carbons (Fsp3) is 0.548. The summed E-state index contributed by atoms with van der Waals surface area (Å²) in [5.41, 5.74) is 4.02. The van der Waals surface area contributed by atoms with Crippen LogP contribution in [0.25, 0.3) is 11.1 Å². The second-order valence-corrected chi connectivity index (χ2v) is 13.3. The lowest BCUT2D eigenvalue weighted by molar-refractivity contribution is -0.139. The lowest BCUT2D eigenvalue weighted by Gasteiger charge is -2.31. The van der Waals surface area contributed by atoms with Gasteiger partial charge in [0.15, 0.2) is 0 Å². The third-order valence-corrected chi connectivity index (χ3v) is 8.57. The highest BCUT2D eigenvalue weighted by atomic mass is 32.2. The molecule has 0 saturated heterocycles. The first-order valence-electron chi connectivity index (χ1n) is 13.8. The third kappa shape index (κ3) is 10.0. The zero-order chi connectivity index (χ0) is 28.6. The lowest BCUT2D eigenvalue weighted by atomic mass is 9.87. The summed E-state index contributed by atoms with van der Waals surface area (Å²) in [7, 11) is 0.728. The van der Waals surface area contributed by atoms with Gasteiger partial charge in [-0.15, -0.1) is 0 Å². The summed E-state index contributed by atoms with van der Waals surface area (Å²) < 4.78 is 23.2. The molecule has 40 heavy (non-hydrogen) atoms. The molecule has 2 aromatic carbocycles. The van der Waals surface area contributed by atoms with E-state index >= 15 is 0 Å². The molecule has 9 heteroatoms. The zero-order valence-electron chi connectivity index (χ0n) is 23.7. The average Bonchev–Trinajstić information content (AvgIpc) is 2.88. The molecular formula is C31H47N3O5S. The van der Waals surface area contributed by atoms with Crippen LogP contribution >= 0.6 is 0 Å². The molecule has 0 aromatic heterocycles. The van der Waals surface area contributed by atoms with Crippen molar-refractivity contribution in [2.75, 3.05) is 32.6 Å². The van der Waals surface area contributed by atoms with E-state index < -0.39 is 27.8 Å². The number of carbonyl (C=O) groups is 2. The van der Waals surface area contributed by atoms with Crippen molar-refractivity contribution < 1.29 is 23.1 Å². The predicted molar refractivity (Wildman–Crippen MR) is 162 cm³/mol. The third-order valence-electron chi connectivity index (χ3n) is 7.60. The van der Waals surface area contributed by atoms with Crippen molar-refractivity contribution in [3.05, 3.63) is 59.2 Å². The van der Waals surface area contributed by atoms with Crippen molar-refractivity contribution in [2.24, 2.45) is 5.92 Å². The van der Waals surface area contributed by atoms with Gasteiger partial charge in [-0.3, -0.25) is 4.79 Å². The first-order chi connectivity index (χ1) is 18.4. The number of carboxylic acid groups (broad SMARTS) is 1. The van der Waals surface area contributed by atoms with Gasteiger partial charge in [0.05, 0.1) is 5.75 Å². The number of hydrazine groups is 1. The van der Waals surface area contributed by atoms with E-state index in [2.05, 4.69) is 15.3 Å². The first-order valence-corrected chi connectivity index (χ1v) is 15.8. The van der Waals surface area contributed by atoms with Crippen LogP contribution < -0.4 is 5.32 Å². The highest BCUT2D eigenvalue weighted by molar-refractivity contribution is 7.90. The summed E-state index contributed by atoms with van der Waals surface area (Å²) in [4.78, 5) is 25.2. The number of nitrogens with zero attached hydrogens (tertiary/aromatic N) is 2. The van der Waals surface area contributed by atoms with E-state index in [1.54, 1.807) is 6.07 Å². The maximum absolute atomic E-state index is 13.4. The molecule has 1 aliphatic carbocycles. The monoisotopic (exact) mass is 573 g/mol. The van der Waals surface area contributed by atoms with E-state index in [-0.39, 0.29) is 19.6 Å². The van der Waals surface area contributed by atoms with E-state index in [1.807, 2.05) is 57.4 Å². The Morgan fingerprint density at radius 3 is 2.33 bits per heavy atom. The number of rotatable bonds is 13. The van der Waals surface area contributed by atoms with Crippen LogP contribution in [0.15, 0.2) is 42.5 Å². The molecule has 2 aromatic rings. The molecule has 0 radical (unpaired) electrons. The zero-order valence-corrected chi connectivity index (χ0v) is 24.5. The van der Waals surface area contributed by atoms with Crippen molar-refractivity contribution in [2.45, 2.75) is 71.9 Å². The molecule has 222 valence electrons. The van der Waals surface area contributed by atoms with Crippen molar-refractivity contribution in [3.8, 4) is 11.1 Å². The Morgan fingerprint density at radius 2 is 1.73 bits per heavy atom. The van der Waals surface area contributed by atoms with Gasteiger partial charge in [-0.05, 0) is 60.1 Å². The van der Waals surface area contributed by atoms with Crippen LogP contribution in [-0.4, -0.2) is 74.1 Å². The lowest BCUT2D eigenvalue weighted by Crippen LogP contribution is -2.42. The predicted octanol–water partition coefficient (Wildman–Crippen LogP) is 5.16. The minimum atomic E-state index is -3.37. The summed E-state index contributed by atoms with van der Waals surface area (Å²) >= 11 is 0. The molecule has 1 amide bonds. The van der Waals surface area contributed by atoms with E-state index in [1.165, 1.54) is 32.1 Å². The van der Waals surface area contributed by atoms with Gasteiger partial charge in [-0.25, -0.2) is 23.2 Å². The maximum Gasteiger partial charge on any atom is 0.326 e. The number of aryl methyl sites for hydroxylation is 1. The molecule has 1 atom stereocenters. The second-order valence-electron chi connectivity index (χ2n) is 11.0. The topological polar surface area (TPSA) is 107 Å². The molecular weight excluding hydrogens is 526 g/mol. The molecule has 8 nitrogen and oxygen atoms in total. The molecule has 1 fully saturated rings. The van der Waals surface area contributed by atoms with E-state index in [9.17, 15) is 23.1 Å². The average molecular weight is 574 g/mol. The van der Waals surface area contributed by atoms with Crippen LogP contribution in [0.3, 0.4) is 0 Å². The van der Waals surface area contributed by atoms with Gasteiger partial charge in [-0.1, -0.05) is 69.9 Å². The van der Waals surface area contributed by atoms with Gasteiger partial charge in [0.25, 0.3) is 5.91 Å². The molecule has 0 heterocycles. The van der Waals surface area contributed by atoms with Crippen LogP contribution in [-0.2, 0) is 21.2 Å². The van der Waals surface area contributed by atoms with E-state index in [0.717, 1.165) is 47.4 Å². The number of carboxylic acids is 1. The number of benzene rings is 2. The maximum atomic E-state index is 13.4. The standard InChI is InChI=1S/C30H43N3O5S.CH4/c1-22-10-8-9-13-25(22)27-20-24(21-33(32(2)3)18-16-23-11-6-5-7-12-23)14-15-26(27)29(34)31-28(30(35)36)17-19-39(4,37)38;/h8-10,13-15,20,23,28H,5-7,11-12,16-19,21H2,1-4H3,(H,31,34)(H,35,36);1H4/t28-;/m0./s1. The quantitative estimate of drug-likeness (QED) is 0.319. The van der Waals surface area contributed by atoms with Gasteiger partial charge in [0.1, 0.15) is 15.9 Å². The fourth-order valence-corrected chi connectivity index (χ4v) is 5.91. The van der Waals surface area contributed by atoms with Crippen molar-refractivity contribution >= 4 is 21.7 Å². The summed E-state index contributed by atoms with van der Waals surface area (Å²) in [6.07, 6.45) is 8.63. The largest absolute Gasteiger partial charge is 0.480 e. The molecule has 1 aliphatic rings. The highest BCUT2D eigenvalue weighted by Crippen LogP contribution is 2.30. The smallest absolute Gasteiger partial charge is 0.326 e. The van der Waals surface area contributed by atoms with Crippen LogP contribution in [0.5, 0.6) is 0 Å². The van der Waals surface area contributed by atoms with E-state index in [4.69, 9.17) is 0 Å². The van der Waals surface area contributed by atoms with Crippen molar-refractivity contribution in [1.29, 1.82) is 0 Å². The highest BCUT2D eigenvalue weighted by Gasteiger charge is 2.25. The van der Waals surface area contributed by atoms with Crippen LogP contribution in [0.1, 0.15) is 73.9 Å². The minimum Gasteiger partial charge on any atom is -0.480 e. The molecule has 2 N–H and O–H groups in total. The van der Waals surface area contributed by atoms with Gasteiger partial charge in [0.2, 0.25) is 0 Å². The van der Waals surface area contributed by atoms with Crippen LogP contribution in [0.2, 0.25) is 0 Å². The Morgan fingerprint density at radius 1 is 1.05 bits per heavy atom. The second kappa shape index (κ2) is 15.3. The Bertz CT molecular complexity index is 1240. The van der Waals surface area contributed by atoms with Gasteiger partial charge in [0, 0.05) is 39.0 Å². The Kier molecular flexibility index (Phi) is 12.8. The van der Waals surface area contributed by atoms with Gasteiger partial charge in [-0.2, -0.15) is 0 Å². The fourth-order valence-electron chi connectivity index (χ4n) is 5.25. The molecule has 0 bridgehead atoms. The Balaban J connectivity index is 0.00000560. The number of hydrogen-bond acceptors (Lipinski definition) is 6. The number of amides is 1. The van der Waals surface area contributed by atoms with Gasteiger partial charge < -0.3 is 10.4 Å². The number of nitrogens with one attached hydrogen (secondary N) is 1. The summed E-state index contributed by atoms with van der Waals surface area (Å²) in [5, 5.41) is 16.6. The van der Waals surface area contributed by atoms with Crippen molar-refractivity contribution in [1.82, 2.24) is 15.3 Å². The summed E-state index contributed by atoms with van der Waals surface area (Å²) in [5.74, 6) is -1.35. The molecule has 0 aliphatic heterocycles. The first kappa shape index (κ1) is 33.5. The summed E-state index contributed by atoms with van der Waals surface area (Å²) in [6, 6.07) is 12.2. The normalized spacial score (nSPS) is 15.1. The number of hydrogen-bond donors (Lipinski definition) is 2. The number of aliphatic carboxylic acids is 1.